The molecule has 1 aliphatic heterocycles. The first-order valence-corrected chi connectivity index (χ1v) is 19.2. The third-order valence-electron chi connectivity index (χ3n) is 10.7. The molecular weight excluding hydrogens is 731 g/mol. The summed E-state index contributed by atoms with van der Waals surface area (Å²) < 4.78 is 5.12. The minimum absolute atomic E-state index is 0.0527. The Morgan fingerprint density at radius 1 is 0.931 bits per heavy atom. The third kappa shape index (κ3) is 7.03. The summed E-state index contributed by atoms with van der Waals surface area (Å²) in [6.07, 6.45) is 4.13. The van der Waals surface area contributed by atoms with Crippen LogP contribution in [-0.4, -0.2) is 72.1 Å². The van der Waals surface area contributed by atoms with Gasteiger partial charge in [-0.05, 0) is 97.0 Å². The van der Waals surface area contributed by atoms with E-state index >= 15 is 0 Å². The molecule has 292 valence electrons. The summed E-state index contributed by atoms with van der Waals surface area (Å²) in [4.78, 5) is 61.6. The minimum atomic E-state index is -0.596. The molecular formula is C45H43N9O4. The highest BCUT2D eigenvalue weighted by Crippen LogP contribution is 2.35. The maximum atomic E-state index is 13.0. The number of hydrogen-bond donors (Lipinski definition) is 2. The number of piperidine rings is 1. The summed E-state index contributed by atoms with van der Waals surface area (Å²) in [5, 5.41) is 12.9. The topological polar surface area (TPSA) is 149 Å². The lowest BCUT2D eigenvalue weighted by molar-refractivity contribution is -0.135. The van der Waals surface area contributed by atoms with Crippen LogP contribution in [0.5, 0.6) is 0 Å². The summed E-state index contributed by atoms with van der Waals surface area (Å²) >= 11 is 0. The van der Waals surface area contributed by atoms with Crippen LogP contribution in [0.1, 0.15) is 66.0 Å². The van der Waals surface area contributed by atoms with E-state index in [0.717, 1.165) is 66.4 Å². The van der Waals surface area contributed by atoms with Crippen molar-refractivity contribution in [2.75, 3.05) is 20.6 Å². The number of imide groups is 1. The minimum Gasteiger partial charge on any atom is -0.340 e. The van der Waals surface area contributed by atoms with Gasteiger partial charge >= 0.3 is 5.69 Å². The van der Waals surface area contributed by atoms with Gasteiger partial charge in [-0.3, -0.25) is 43.5 Å². The Morgan fingerprint density at radius 3 is 2.50 bits per heavy atom. The number of nitrogens with zero attached hydrogens (tertiary/aromatic N) is 7. The number of benzene rings is 3. The lowest BCUT2D eigenvalue weighted by Gasteiger charge is -2.21. The lowest BCUT2D eigenvalue weighted by Crippen LogP contribution is -2.42. The number of pyridine rings is 2. The molecule has 3 amide bonds. The number of aromatic nitrogens is 6. The highest BCUT2D eigenvalue weighted by molar-refractivity contribution is 6.01. The standard InChI is InChI=1S/C45H43N9O4/c1-26(2)33-20-30(22-40-42(33)53(6)45(58)52(40)5)31-11-7-10-28-21-36(48-24-34(28)31)29-13-15-35(47-23-29)43(56)46-18-8-9-27-12-14-32-37(25-51(3)4)50-54(39(32)19-27)38-16-17-41(55)49-44(38)57/h7,10-15,19-24,26,38H,16-18,25H2,1-6H3,(H,46,56)(H,49,55,57). The Bertz CT molecular complexity index is 2920. The van der Waals surface area contributed by atoms with Gasteiger partial charge in [-0.2, -0.15) is 5.10 Å². The molecule has 1 saturated heterocycles. The zero-order valence-electron chi connectivity index (χ0n) is 33.3. The van der Waals surface area contributed by atoms with Crippen LogP contribution in [-0.2, 0) is 30.2 Å². The first kappa shape index (κ1) is 38.0. The van der Waals surface area contributed by atoms with Gasteiger partial charge in [-0.1, -0.05) is 43.9 Å². The van der Waals surface area contributed by atoms with E-state index in [1.807, 2.05) is 81.8 Å². The van der Waals surface area contributed by atoms with Gasteiger partial charge in [0, 0.05) is 61.4 Å². The van der Waals surface area contributed by atoms with E-state index in [9.17, 15) is 19.2 Å². The maximum Gasteiger partial charge on any atom is 0.328 e. The van der Waals surface area contributed by atoms with Gasteiger partial charge in [0.05, 0.1) is 34.5 Å². The summed E-state index contributed by atoms with van der Waals surface area (Å²) in [7, 11) is 7.53. The van der Waals surface area contributed by atoms with Gasteiger partial charge in [0.1, 0.15) is 11.7 Å². The monoisotopic (exact) mass is 773 g/mol. The third-order valence-corrected chi connectivity index (χ3v) is 10.7. The van der Waals surface area contributed by atoms with Crippen molar-refractivity contribution in [3.63, 3.8) is 0 Å². The Morgan fingerprint density at radius 2 is 1.76 bits per heavy atom. The molecule has 7 aromatic rings. The summed E-state index contributed by atoms with van der Waals surface area (Å²) in [5.41, 5.74) is 8.98. The zero-order chi connectivity index (χ0) is 40.8. The van der Waals surface area contributed by atoms with Gasteiger partial charge < -0.3 is 10.2 Å². The smallest absolute Gasteiger partial charge is 0.328 e. The second-order valence-electron chi connectivity index (χ2n) is 15.3. The number of carbonyl (C=O) groups excluding carboxylic acids is 3. The first-order valence-electron chi connectivity index (χ1n) is 19.2. The second-order valence-corrected chi connectivity index (χ2v) is 15.3. The van der Waals surface area contributed by atoms with Gasteiger partial charge in [-0.15, -0.1) is 0 Å². The van der Waals surface area contributed by atoms with E-state index in [0.29, 0.717) is 18.5 Å². The Balaban J connectivity index is 0.976. The lowest BCUT2D eigenvalue weighted by atomic mass is 9.93. The average molecular weight is 774 g/mol. The Hall–Kier alpha value is -6.91. The molecule has 1 fully saturated rings. The molecule has 3 aromatic carbocycles. The molecule has 0 spiro atoms. The van der Waals surface area contributed by atoms with Crippen LogP contribution in [0.4, 0.5) is 0 Å². The number of nitrogens with one attached hydrogen (secondary N) is 2. The van der Waals surface area contributed by atoms with Gasteiger partial charge in [-0.25, -0.2) is 4.79 Å². The molecule has 0 radical (unpaired) electrons. The van der Waals surface area contributed by atoms with Crippen LogP contribution in [0.2, 0.25) is 0 Å². The van der Waals surface area contributed by atoms with Crippen molar-refractivity contribution in [1.29, 1.82) is 0 Å². The molecule has 58 heavy (non-hydrogen) atoms. The molecule has 0 bridgehead atoms. The molecule has 4 aromatic heterocycles. The van der Waals surface area contributed by atoms with Crippen molar-refractivity contribution in [2.45, 2.75) is 45.2 Å². The largest absolute Gasteiger partial charge is 0.340 e. The Labute approximate surface area is 334 Å². The van der Waals surface area contributed by atoms with E-state index in [2.05, 4.69) is 59.5 Å². The van der Waals surface area contributed by atoms with Gasteiger partial charge in [0.25, 0.3) is 11.8 Å². The fourth-order valence-corrected chi connectivity index (χ4v) is 7.75. The molecule has 0 aliphatic carbocycles. The van der Waals surface area contributed by atoms with Crippen LogP contribution in [0, 0.1) is 11.8 Å². The van der Waals surface area contributed by atoms with Crippen molar-refractivity contribution in [3.8, 4) is 34.2 Å². The van der Waals surface area contributed by atoms with E-state index < -0.39 is 6.04 Å². The summed E-state index contributed by atoms with van der Waals surface area (Å²) in [5.74, 6) is 5.34. The average Bonchev–Trinajstić information content (AvgIpc) is 3.66. The van der Waals surface area contributed by atoms with Crippen LogP contribution in [0.15, 0.2) is 83.9 Å². The molecule has 0 saturated carbocycles. The molecule has 1 atom stereocenters. The van der Waals surface area contributed by atoms with E-state index in [1.54, 1.807) is 26.1 Å². The number of rotatable bonds is 8. The fraction of sp³-hybridized carbons (Fsp3) is 0.267. The highest BCUT2D eigenvalue weighted by Gasteiger charge is 2.30. The highest BCUT2D eigenvalue weighted by atomic mass is 16.2. The van der Waals surface area contributed by atoms with E-state index in [4.69, 9.17) is 10.1 Å². The SMILES string of the molecule is CC(C)c1cc(-c2cccc3cc(-c4ccc(C(=O)NCC#Cc5ccc6c(CN(C)C)nn(C7CCC(=O)NC7=O)c6c5)nc4)ncc23)cc2c1n(C)c(=O)n2C. The number of amides is 3. The maximum absolute atomic E-state index is 13.0. The molecule has 13 heteroatoms. The number of fused-ring (bicyclic) bond motifs is 3. The predicted molar refractivity (Wildman–Crippen MR) is 224 cm³/mol. The number of aryl methyl sites for hydroxylation is 2. The molecule has 8 rings (SSSR count). The molecule has 1 aliphatic rings. The van der Waals surface area contributed by atoms with Crippen molar-refractivity contribution >= 4 is 50.4 Å². The quantitative estimate of drug-likeness (QED) is 0.153. The van der Waals surface area contributed by atoms with Crippen LogP contribution in [0.25, 0.3) is 55.1 Å². The van der Waals surface area contributed by atoms with Crippen molar-refractivity contribution < 1.29 is 14.4 Å². The number of hydrogen-bond acceptors (Lipinski definition) is 8. The molecule has 13 nitrogen and oxygen atoms in total. The number of carbonyl (C=O) groups is 3. The zero-order valence-corrected chi connectivity index (χ0v) is 33.3. The van der Waals surface area contributed by atoms with Crippen LogP contribution >= 0.6 is 0 Å². The predicted octanol–water partition coefficient (Wildman–Crippen LogP) is 5.45. The normalized spacial score (nSPS) is 14.4. The summed E-state index contributed by atoms with van der Waals surface area (Å²) in [6.45, 7) is 4.96. The van der Waals surface area contributed by atoms with Crippen molar-refractivity contribution in [2.24, 2.45) is 14.1 Å². The summed E-state index contributed by atoms with van der Waals surface area (Å²) in [6, 6.07) is 21.1. The fourth-order valence-electron chi connectivity index (χ4n) is 7.75. The second kappa shape index (κ2) is 15.2. The van der Waals surface area contributed by atoms with Crippen molar-refractivity contribution in [1.82, 2.24) is 44.4 Å². The molecule has 2 N–H and O–H groups in total. The van der Waals surface area contributed by atoms with E-state index in [-0.39, 0.29) is 48.0 Å². The van der Waals surface area contributed by atoms with E-state index in [1.165, 1.54) is 0 Å². The van der Waals surface area contributed by atoms with Crippen LogP contribution < -0.4 is 16.3 Å². The molecule has 1 unspecified atom stereocenters. The van der Waals surface area contributed by atoms with Crippen molar-refractivity contribution in [3.05, 3.63) is 112 Å². The van der Waals surface area contributed by atoms with Gasteiger partial charge in [0.2, 0.25) is 5.91 Å². The number of imidazole rings is 1. The first-order chi connectivity index (χ1) is 27.9. The van der Waals surface area contributed by atoms with Crippen LogP contribution in [0.3, 0.4) is 0 Å². The van der Waals surface area contributed by atoms with Gasteiger partial charge in [0.15, 0.2) is 0 Å². The molecule has 5 heterocycles. The Kier molecular flexibility index (Phi) is 9.96.